The van der Waals surface area contributed by atoms with Crippen molar-refractivity contribution < 1.29 is 9.47 Å². The van der Waals surface area contributed by atoms with Crippen molar-refractivity contribution in [2.75, 3.05) is 6.79 Å². The molecule has 1 aliphatic carbocycles. The van der Waals surface area contributed by atoms with Crippen LogP contribution < -0.4 is 15.0 Å². The molecule has 3 aromatic heterocycles. The molecule has 1 atom stereocenters. The van der Waals surface area contributed by atoms with Gasteiger partial charge in [-0.15, -0.1) is 16.4 Å². The SMILES string of the molecule is CC[C@H](c1nnnn1C1CCCC1)N(Cc1cccs1)Cc1cc2cc3c(cc2[nH]c1=O)OCO3. The van der Waals surface area contributed by atoms with E-state index in [-0.39, 0.29) is 18.4 Å². The second kappa shape index (κ2) is 9.43. The third-order valence-corrected chi connectivity index (χ3v) is 7.90. The minimum atomic E-state index is -0.0993. The van der Waals surface area contributed by atoms with Crippen molar-refractivity contribution >= 4 is 22.2 Å². The van der Waals surface area contributed by atoms with Crippen LogP contribution in [0.4, 0.5) is 0 Å². The van der Waals surface area contributed by atoms with Gasteiger partial charge in [0, 0.05) is 35.0 Å². The normalized spacial score (nSPS) is 16.5. The molecule has 0 saturated heterocycles. The van der Waals surface area contributed by atoms with Crippen LogP contribution in [0.25, 0.3) is 10.9 Å². The van der Waals surface area contributed by atoms with Gasteiger partial charge in [0.25, 0.3) is 5.56 Å². The zero-order chi connectivity index (χ0) is 23.8. The number of rotatable bonds is 8. The van der Waals surface area contributed by atoms with Crippen LogP contribution in [0.1, 0.15) is 67.4 Å². The molecule has 1 aliphatic heterocycles. The molecule has 2 aliphatic rings. The second-order valence-corrected chi connectivity index (χ2v) is 10.3. The standard InChI is InChI=1S/C25H28N6O3S/c1-2-21(24-27-28-29-31(24)18-6-3-4-7-18)30(14-19-8-5-9-35-19)13-17-10-16-11-22-23(34-15-33-22)12-20(16)26-25(17)32/h5,8-12,18,21H,2-4,6-7,13-15H2,1H3,(H,26,32)/t21-/m1/s1. The molecule has 9 nitrogen and oxygen atoms in total. The summed E-state index contributed by atoms with van der Waals surface area (Å²) in [7, 11) is 0. The molecule has 1 saturated carbocycles. The number of nitrogens with zero attached hydrogens (tertiary/aromatic N) is 5. The zero-order valence-corrected chi connectivity index (χ0v) is 20.5. The van der Waals surface area contributed by atoms with Crippen molar-refractivity contribution in [3.63, 3.8) is 0 Å². The van der Waals surface area contributed by atoms with E-state index in [9.17, 15) is 4.79 Å². The number of tetrazole rings is 1. The van der Waals surface area contributed by atoms with E-state index in [2.05, 4.69) is 49.8 Å². The summed E-state index contributed by atoms with van der Waals surface area (Å²) in [4.78, 5) is 19.8. The van der Waals surface area contributed by atoms with E-state index in [4.69, 9.17) is 9.47 Å². The summed E-state index contributed by atoms with van der Waals surface area (Å²) in [5.41, 5.74) is 1.34. The smallest absolute Gasteiger partial charge is 0.252 e. The Labute approximate surface area is 206 Å². The largest absolute Gasteiger partial charge is 0.454 e. The Hall–Kier alpha value is -3.24. The molecule has 35 heavy (non-hydrogen) atoms. The van der Waals surface area contributed by atoms with Crippen LogP contribution in [0.5, 0.6) is 11.5 Å². The van der Waals surface area contributed by atoms with Gasteiger partial charge in [-0.3, -0.25) is 9.69 Å². The summed E-state index contributed by atoms with van der Waals surface area (Å²) in [5, 5.41) is 15.9. The van der Waals surface area contributed by atoms with E-state index >= 15 is 0 Å². The number of aromatic amines is 1. The highest BCUT2D eigenvalue weighted by Crippen LogP contribution is 2.36. The molecule has 182 valence electrons. The predicted octanol–water partition coefficient (Wildman–Crippen LogP) is 4.57. The van der Waals surface area contributed by atoms with Gasteiger partial charge in [-0.05, 0) is 53.3 Å². The van der Waals surface area contributed by atoms with Crippen LogP contribution in [0.3, 0.4) is 0 Å². The first-order valence-corrected chi connectivity index (χ1v) is 13.1. The lowest BCUT2D eigenvalue weighted by atomic mass is 10.1. The molecule has 1 fully saturated rings. The first-order chi connectivity index (χ1) is 17.2. The van der Waals surface area contributed by atoms with Gasteiger partial charge < -0.3 is 14.5 Å². The van der Waals surface area contributed by atoms with Crippen molar-refractivity contribution in [3.05, 3.63) is 62.3 Å². The van der Waals surface area contributed by atoms with Gasteiger partial charge in [0.2, 0.25) is 6.79 Å². The van der Waals surface area contributed by atoms with Crippen molar-refractivity contribution in [1.29, 1.82) is 0 Å². The minimum absolute atomic E-state index is 0.0143. The first kappa shape index (κ1) is 22.2. The Morgan fingerprint density at radius 3 is 2.80 bits per heavy atom. The average Bonchev–Trinajstić information content (AvgIpc) is 3.66. The first-order valence-electron chi connectivity index (χ1n) is 12.2. The molecular formula is C25H28N6O3S. The number of hydrogen-bond donors (Lipinski definition) is 1. The molecule has 0 unspecified atom stereocenters. The Kier molecular flexibility index (Phi) is 5.99. The van der Waals surface area contributed by atoms with Crippen molar-refractivity contribution in [1.82, 2.24) is 30.1 Å². The second-order valence-electron chi connectivity index (χ2n) is 9.24. The molecule has 6 rings (SSSR count). The van der Waals surface area contributed by atoms with E-state index in [0.29, 0.717) is 36.2 Å². The van der Waals surface area contributed by atoms with Crippen molar-refractivity contribution in [3.8, 4) is 11.5 Å². The number of thiophene rings is 1. The zero-order valence-electron chi connectivity index (χ0n) is 19.6. The number of aromatic nitrogens is 5. The van der Waals surface area contributed by atoms with Gasteiger partial charge in [-0.2, -0.15) is 0 Å². The van der Waals surface area contributed by atoms with Crippen molar-refractivity contribution in [2.45, 2.75) is 64.2 Å². The minimum Gasteiger partial charge on any atom is -0.454 e. The Balaban J connectivity index is 1.37. The highest BCUT2D eigenvalue weighted by molar-refractivity contribution is 7.09. The summed E-state index contributed by atoms with van der Waals surface area (Å²) in [6.07, 6.45) is 5.48. The Morgan fingerprint density at radius 2 is 2.03 bits per heavy atom. The van der Waals surface area contributed by atoms with Crippen LogP contribution >= 0.6 is 11.3 Å². The third kappa shape index (κ3) is 4.32. The highest BCUT2D eigenvalue weighted by Gasteiger charge is 2.30. The molecule has 0 bridgehead atoms. The Bertz CT molecular complexity index is 1380. The van der Waals surface area contributed by atoms with Crippen LogP contribution in [-0.2, 0) is 13.1 Å². The lowest BCUT2D eigenvalue weighted by molar-refractivity contribution is 0.159. The van der Waals surface area contributed by atoms with Crippen LogP contribution in [0.2, 0.25) is 0 Å². The molecule has 0 radical (unpaired) electrons. The lowest BCUT2D eigenvalue weighted by Crippen LogP contribution is -2.32. The van der Waals surface area contributed by atoms with Crippen molar-refractivity contribution in [2.24, 2.45) is 0 Å². The average molecular weight is 493 g/mol. The summed E-state index contributed by atoms with van der Waals surface area (Å²) in [6.45, 7) is 3.55. The van der Waals surface area contributed by atoms with Gasteiger partial charge in [-0.25, -0.2) is 4.68 Å². The summed E-state index contributed by atoms with van der Waals surface area (Å²) < 4.78 is 13.0. The van der Waals surface area contributed by atoms with Crippen LogP contribution in [-0.4, -0.2) is 36.9 Å². The maximum absolute atomic E-state index is 13.1. The summed E-state index contributed by atoms with van der Waals surface area (Å²) in [5.74, 6) is 2.25. The molecule has 1 N–H and O–H groups in total. The number of benzene rings is 1. The number of fused-ring (bicyclic) bond motifs is 2. The van der Waals surface area contributed by atoms with Gasteiger partial charge in [0.1, 0.15) is 0 Å². The predicted molar refractivity (Wildman–Crippen MR) is 133 cm³/mol. The lowest BCUT2D eigenvalue weighted by Gasteiger charge is -2.30. The number of hydrogen-bond acceptors (Lipinski definition) is 8. The molecule has 1 aromatic carbocycles. The van der Waals surface area contributed by atoms with E-state index in [1.54, 1.807) is 11.3 Å². The fourth-order valence-electron chi connectivity index (χ4n) is 5.29. The van der Waals surface area contributed by atoms with E-state index in [1.165, 1.54) is 17.7 Å². The molecular weight excluding hydrogens is 464 g/mol. The summed E-state index contributed by atoms with van der Waals surface area (Å²) in [6, 6.07) is 10.3. The number of H-pyrrole nitrogens is 1. The maximum Gasteiger partial charge on any atom is 0.252 e. The molecule has 4 aromatic rings. The van der Waals surface area contributed by atoms with Gasteiger partial charge in [0.05, 0.1) is 17.6 Å². The quantitative estimate of drug-likeness (QED) is 0.385. The summed E-state index contributed by atoms with van der Waals surface area (Å²) >= 11 is 1.72. The van der Waals surface area contributed by atoms with Gasteiger partial charge >= 0.3 is 0 Å². The molecule has 0 spiro atoms. The van der Waals surface area contributed by atoms with Crippen LogP contribution in [0, 0.1) is 0 Å². The molecule has 4 heterocycles. The molecule has 0 amide bonds. The van der Waals surface area contributed by atoms with E-state index in [0.717, 1.165) is 36.0 Å². The van der Waals surface area contributed by atoms with E-state index < -0.39 is 0 Å². The van der Waals surface area contributed by atoms with Gasteiger partial charge in [0.15, 0.2) is 17.3 Å². The topological polar surface area (TPSA) is 98.2 Å². The monoisotopic (exact) mass is 492 g/mol. The third-order valence-electron chi connectivity index (χ3n) is 7.04. The van der Waals surface area contributed by atoms with Gasteiger partial charge in [-0.1, -0.05) is 25.8 Å². The Morgan fingerprint density at radius 1 is 1.20 bits per heavy atom. The number of nitrogens with one attached hydrogen (secondary N) is 1. The van der Waals surface area contributed by atoms with Crippen LogP contribution in [0.15, 0.2) is 40.5 Å². The fourth-order valence-corrected chi connectivity index (χ4v) is 6.02. The fraction of sp³-hybridized carbons (Fsp3) is 0.440. The van der Waals surface area contributed by atoms with E-state index in [1.807, 2.05) is 22.9 Å². The maximum atomic E-state index is 13.1. The number of pyridine rings is 1. The molecule has 10 heteroatoms. The number of ether oxygens (including phenoxy) is 2. The highest BCUT2D eigenvalue weighted by atomic mass is 32.1.